The van der Waals surface area contributed by atoms with Crippen molar-refractivity contribution in [2.45, 2.75) is 13.1 Å². The first-order valence-electron chi connectivity index (χ1n) is 10.00. The molecule has 2 N–H and O–H groups in total. The van der Waals surface area contributed by atoms with E-state index in [1.165, 1.54) is 15.7 Å². The number of nitrogens with one attached hydrogen (secondary N) is 1. The highest BCUT2D eigenvalue weighted by molar-refractivity contribution is 7.81. The van der Waals surface area contributed by atoms with Crippen LogP contribution in [0.1, 0.15) is 20.9 Å². The lowest BCUT2D eigenvalue weighted by Gasteiger charge is -2.32. The van der Waals surface area contributed by atoms with Gasteiger partial charge in [0.05, 0.1) is 21.0 Å². The first-order valence-corrected chi connectivity index (χ1v) is 13.1. The van der Waals surface area contributed by atoms with Crippen LogP contribution in [0.5, 0.6) is 5.75 Å². The van der Waals surface area contributed by atoms with Gasteiger partial charge < -0.3 is 10.4 Å². The van der Waals surface area contributed by atoms with E-state index in [1.807, 2.05) is 4.31 Å². The molecule has 1 aromatic carbocycles. The van der Waals surface area contributed by atoms with Gasteiger partial charge in [0.2, 0.25) is 5.75 Å². The van der Waals surface area contributed by atoms with Crippen LogP contribution in [0.3, 0.4) is 0 Å². The fourth-order valence-corrected chi connectivity index (χ4v) is 5.50. The van der Waals surface area contributed by atoms with Gasteiger partial charge in [0.15, 0.2) is 10.7 Å². The fourth-order valence-electron chi connectivity index (χ4n) is 3.49. The molecule has 176 valence electrons. The summed E-state index contributed by atoms with van der Waals surface area (Å²) < 4.78 is 14.8. The van der Waals surface area contributed by atoms with Gasteiger partial charge in [-0.1, -0.05) is 40.6 Å². The maximum absolute atomic E-state index is 12.6. The molecule has 13 heteroatoms. The van der Waals surface area contributed by atoms with Gasteiger partial charge in [0.25, 0.3) is 5.91 Å². The number of aromatic hydroxyl groups is 1. The van der Waals surface area contributed by atoms with Gasteiger partial charge in [-0.25, -0.2) is 13.5 Å². The van der Waals surface area contributed by atoms with Crippen molar-refractivity contribution in [1.82, 2.24) is 23.9 Å². The standard InChI is InChI=1S/C20H21Cl2N5O4S2/c1-33(31)26-6-4-25(5-7-26)10-13-11-27-19(30)17(28)16(24-20(27)32-13)18(29)23-9-12-2-3-14(21)15(22)8-12/h2-3,8,11,28H,4-7,9-10H2,1H3,(H,23,29). The molecule has 0 radical (unpaired) electrons. The molecule has 3 heterocycles. The van der Waals surface area contributed by atoms with Crippen LogP contribution in [-0.4, -0.2) is 66.2 Å². The molecule has 9 nitrogen and oxygen atoms in total. The van der Waals surface area contributed by atoms with Crippen molar-refractivity contribution in [2.75, 3.05) is 32.4 Å². The molecule has 0 spiro atoms. The number of piperazine rings is 1. The number of aromatic nitrogens is 2. The highest BCUT2D eigenvalue weighted by Gasteiger charge is 2.22. The molecule has 3 aromatic rings. The van der Waals surface area contributed by atoms with E-state index >= 15 is 0 Å². The smallest absolute Gasteiger partial charge is 0.301 e. The average Bonchev–Trinajstić information content (AvgIpc) is 3.20. The zero-order valence-corrected chi connectivity index (χ0v) is 20.7. The Kier molecular flexibility index (Phi) is 7.37. The second-order valence-corrected chi connectivity index (χ2v) is 10.8. The second kappa shape index (κ2) is 10.1. The summed E-state index contributed by atoms with van der Waals surface area (Å²) >= 11 is 13.2. The second-order valence-electron chi connectivity index (χ2n) is 7.52. The molecule has 0 bridgehead atoms. The molecule has 4 rings (SSSR count). The van der Waals surface area contributed by atoms with E-state index in [9.17, 15) is 18.9 Å². The lowest BCUT2D eigenvalue weighted by Crippen LogP contribution is -2.46. The number of hydrogen-bond donors (Lipinski definition) is 2. The van der Waals surface area contributed by atoms with Crippen molar-refractivity contribution in [1.29, 1.82) is 0 Å². The summed E-state index contributed by atoms with van der Waals surface area (Å²) in [4.78, 5) is 32.9. The zero-order valence-electron chi connectivity index (χ0n) is 17.6. The van der Waals surface area contributed by atoms with Crippen LogP contribution in [0.2, 0.25) is 10.0 Å². The molecule has 1 fully saturated rings. The van der Waals surface area contributed by atoms with Gasteiger partial charge in [-0.2, -0.15) is 0 Å². The Labute approximate surface area is 206 Å². The van der Waals surface area contributed by atoms with Crippen molar-refractivity contribution >= 4 is 56.4 Å². The number of rotatable bonds is 6. The van der Waals surface area contributed by atoms with Crippen LogP contribution in [0, 0.1) is 0 Å². The van der Waals surface area contributed by atoms with E-state index in [2.05, 4.69) is 15.2 Å². The Morgan fingerprint density at radius 3 is 2.64 bits per heavy atom. The van der Waals surface area contributed by atoms with Crippen LogP contribution in [0.15, 0.2) is 29.2 Å². The summed E-state index contributed by atoms with van der Waals surface area (Å²) in [6.07, 6.45) is 3.31. The highest BCUT2D eigenvalue weighted by Crippen LogP contribution is 2.23. The quantitative estimate of drug-likeness (QED) is 0.506. The Hall–Kier alpha value is -2.02. The third-order valence-electron chi connectivity index (χ3n) is 5.28. The monoisotopic (exact) mass is 529 g/mol. The van der Waals surface area contributed by atoms with E-state index in [-0.39, 0.29) is 12.2 Å². The molecular weight excluding hydrogens is 509 g/mol. The van der Waals surface area contributed by atoms with E-state index in [0.717, 1.165) is 18.0 Å². The van der Waals surface area contributed by atoms with E-state index in [0.29, 0.717) is 40.2 Å². The lowest BCUT2D eigenvalue weighted by atomic mass is 10.2. The predicted molar refractivity (Wildman–Crippen MR) is 130 cm³/mol. The van der Waals surface area contributed by atoms with Crippen molar-refractivity contribution in [2.24, 2.45) is 0 Å². The first-order chi connectivity index (χ1) is 15.7. The van der Waals surface area contributed by atoms with Gasteiger partial charge in [-0.15, -0.1) is 0 Å². The molecule has 1 saturated heterocycles. The molecule has 1 aliphatic rings. The van der Waals surface area contributed by atoms with E-state index < -0.39 is 28.2 Å². The van der Waals surface area contributed by atoms with Gasteiger partial charge in [0.1, 0.15) is 0 Å². The van der Waals surface area contributed by atoms with E-state index in [4.69, 9.17) is 23.2 Å². The third-order valence-corrected chi connectivity index (χ3v) is 8.08. The SMILES string of the molecule is CS(=O)N1CCN(Cc2cn3c(=O)c(O)c(C(=O)NCc4ccc(Cl)c(Cl)c4)nc3s2)CC1. The van der Waals surface area contributed by atoms with Crippen LogP contribution in [-0.2, 0) is 24.1 Å². The number of halogens is 2. The molecule has 1 atom stereocenters. The van der Waals surface area contributed by atoms with Crippen LogP contribution in [0.4, 0.5) is 0 Å². The molecule has 1 unspecified atom stereocenters. The molecule has 0 saturated carbocycles. The topological polar surface area (TPSA) is 107 Å². The molecule has 33 heavy (non-hydrogen) atoms. The highest BCUT2D eigenvalue weighted by atomic mass is 35.5. The molecular formula is C20H21Cl2N5O4S2. The summed E-state index contributed by atoms with van der Waals surface area (Å²) in [6.45, 7) is 3.64. The summed E-state index contributed by atoms with van der Waals surface area (Å²) in [7, 11) is -0.980. The molecule has 1 amide bonds. The minimum atomic E-state index is -0.980. The first kappa shape index (κ1) is 24.1. The number of carbonyl (C=O) groups excluding carboxylic acids is 1. The molecule has 2 aromatic heterocycles. The number of thiazole rings is 1. The van der Waals surface area contributed by atoms with Crippen LogP contribution in [0.25, 0.3) is 4.96 Å². The van der Waals surface area contributed by atoms with Gasteiger partial charge in [-0.3, -0.25) is 18.9 Å². The number of nitrogens with zero attached hydrogens (tertiary/aromatic N) is 4. The number of amides is 1. The average molecular weight is 530 g/mol. The number of fused-ring (bicyclic) bond motifs is 1. The minimum Gasteiger partial charge on any atom is -0.501 e. The van der Waals surface area contributed by atoms with E-state index in [1.54, 1.807) is 30.7 Å². The van der Waals surface area contributed by atoms with Crippen LogP contribution < -0.4 is 10.9 Å². The van der Waals surface area contributed by atoms with Crippen molar-refractivity contribution in [3.63, 3.8) is 0 Å². The normalized spacial score (nSPS) is 16.2. The van der Waals surface area contributed by atoms with Crippen molar-refractivity contribution < 1.29 is 14.1 Å². The number of hydrogen-bond acceptors (Lipinski definition) is 7. The number of benzene rings is 1. The van der Waals surface area contributed by atoms with Crippen molar-refractivity contribution in [3.8, 4) is 5.75 Å². The summed E-state index contributed by atoms with van der Waals surface area (Å²) in [5, 5.41) is 13.7. The van der Waals surface area contributed by atoms with Crippen molar-refractivity contribution in [3.05, 3.63) is 60.9 Å². The lowest BCUT2D eigenvalue weighted by molar-refractivity contribution is 0.0943. The summed E-state index contributed by atoms with van der Waals surface area (Å²) in [5.74, 6) is -1.38. The predicted octanol–water partition coefficient (Wildman–Crippen LogP) is 2.11. The maximum Gasteiger partial charge on any atom is 0.301 e. The number of carbonyl (C=O) groups is 1. The van der Waals surface area contributed by atoms with Gasteiger partial charge in [0, 0.05) is 56.6 Å². The van der Waals surface area contributed by atoms with Crippen LogP contribution >= 0.6 is 34.5 Å². The molecule has 0 aliphatic carbocycles. The Morgan fingerprint density at radius 1 is 1.24 bits per heavy atom. The summed E-state index contributed by atoms with van der Waals surface area (Å²) in [5.41, 5.74) is -0.318. The van der Waals surface area contributed by atoms with Gasteiger partial charge >= 0.3 is 5.56 Å². The Balaban J connectivity index is 1.49. The minimum absolute atomic E-state index is 0.125. The fraction of sp³-hybridized carbons (Fsp3) is 0.350. The maximum atomic E-state index is 12.6. The Bertz CT molecular complexity index is 1290. The third kappa shape index (κ3) is 5.39. The summed E-state index contributed by atoms with van der Waals surface area (Å²) in [6, 6.07) is 4.96. The van der Waals surface area contributed by atoms with Gasteiger partial charge in [-0.05, 0) is 17.7 Å². The Morgan fingerprint density at radius 2 is 1.97 bits per heavy atom. The zero-order chi connectivity index (χ0) is 23.7. The largest absolute Gasteiger partial charge is 0.501 e. The molecule has 1 aliphatic heterocycles.